The van der Waals surface area contributed by atoms with Gasteiger partial charge < -0.3 is 11.1 Å². The molecule has 0 unspecified atom stereocenters. The Balaban J connectivity index is 1.89. The van der Waals surface area contributed by atoms with E-state index in [0.29, 0.717) is 6.54 Å². The largest absolute Gasteiger partial charge is 0.350 e. The first-order valence-electron chi connectivity index (χ1n) is 5.67. The fourth-order valence-corrected chi connectivity index (χ4v) is 2.09. The van der Waals surface area contributed by atoms with Gasteiger partial charge in [-0.15, -0.1) is 0 Å². The molecule has 0 radical (unpaired) electrons. The van der Waals surface area contributed by atoms with Crippen molar-refractivity contribution in [2.75, 3.05) is 0 Å². The highest BCUT2D eigenvalue weighted by molar-refractivity contribution is 5.86. The predicted molar refractivity (Wildman–Crippen MR) is 61.5 cm³/mol. The minimum atomic E-state index is -0.637. The Labute approximate surface area is 95.3 Å². The molecule has 86 valence electrons. The van der Waals surface area contributed by atoms with E-state index >= 15 is 0 Å². The van der Waals surface area contributed by atoms with Crippen molar-refractivity contribution in [3.05, 3.63) is 30.1 Å². The van der Waals surface area contributed by atoms with Gasteiger partial charge >= 0.3 is 0 Å². The Morgan fingerprint density at radius 1 is 1.50 bits per heavy atom. The van der Waals surface area contributed by atoms with Crippen molar-refractivity contribution in [1.29, 1.82) is 0 Å². The molecule has 0 spiro atoms. The standard InChI is InChI=1S/C12H17N3O/c13-12(5-1-2-6-12)11(16)15-9-10-4-3-7-14-8-10/h3-4,7-8H,1-2,5-6,9,13H2,(H,15,16). The first-order chi connectivity index (χ1) is 7.71. The molecule has 1 aromatic rings. The fourth-order valence-electron chi connectivity index (χ4n) is 2.09. The van der Waals surface area contributed by atoms with Crippen LogP contribution in [0.25, 0.3) is 0 Å². The Bertz CT molecular complexity index is 358. The zero-order valence-corrected chi connectivity index (χ0v) is 9.28. The van der Waals surface area contributed by atoms with Crippen molar-refractivity contribution in [2.45, 2.75) is 37.8 Å². The van der Waals surface area contributed by atoms with Crippen LogP contribution in [0.15, 0.2) is 24.5 Å². The van der Waals surface area contributed by atoms with Crippen molar-refractivity contribution in [2.24, 2.45) is 5.73 Å². The highest BCUT2D eigenvalue weighted by Crippen LogP contribution is 2.27. The van der Waals surface area contributed by atoms with Crippen LogP contribution in [0, 0.1) is 0 Å². The molecule has 1 fully saturated rings. The molecule has 0 saturated heterocycles. The first-order valence-corrected chi connectivity index (χ1v) is 5.67. The molecule has 4 nitrogen and oxygen atoms in total. The van der Waals surface area contributed by atoms with Crippen molar-refractivity contribution in [1.82, 2.24) is 10.3 Å². The minimum Gasteiger partial charge on any atom is -0.350 e. The van der Waals surface area contributed by atoms with Crippen LogP contribution in [-0.4, -0.2) is 16.4 Å². The van der Waals surface area contributed by atoms with Gasteiger partial charge in [-0.25, -0.2) is 0 Å². The van der Waals surface area contributed by atoms with Gasteiger partial charge in [-0.3, -0.25) is 9.78 Å². The van der Waals surface area contributed by atoms with Crippen LogP contribution in [-0.2, 0) is 11.3 Å². The van der Waals surface area contributed by atoms with Crippen LogP contribution in [0.2, 0.25) is 0 Å². The van der Waals surface area contributed by atoms with E-state index < -0.39 is 5.54 Å². The molecule has 4 heteroatoms. The maximum Gasteiger partial charge on any atom is 0.240 e. The molecule has 0 aromatic carbocycles. The van der Waals surface area contributed by atoms with Gasteiger partial charge in [0.1, 0.15) is 0 Å². The molecule has 1 aliphatic carbocycles. The number of rotatable bonds is 3. The number of nitrogens with zero attached hydrogens (tertiary/aromatic N) is 1. The molecule has 3 N–H and O–H groups in total. The normalized spacial score (nSPS) is 18.3. The summed E-state index contributed by atoms with van der Waals surface area (Å²) in [5, 5.41) is 2.88. The average molecular weight is 219 g/mol. The zero-order valence-electron chi connectivity index (χ0n) is 9.28. The van der Waals surface area contributed by atoms with Crippen LogP contribution in [0.1, 0.15) is 31.2 Å². The molecule has 1 amide bonds. The van der Waals surface area contributed by atoms with Gasteiger partial charge in [0.15, 0.2) is 0 Å². The van der Waals surface area contributed by atoms with Crippen LogP contribution in [0.3, 0.4) is 0 Å². The Morgan fingerprint density at radius 2 is 2.25 bits per heavy atom. The highest BCUT2D eigenvalue weighted by Gasteiger charge is 2.36. The topological polar surface area (TPSA) is 68.0 Å². The van der Waals surface area contributed by atoms with Crippen LogP contribution in [0.5, 0.6) is 0 Å². The lowest BCUT2D eigenvalue weighted by molar-refractivity contribution is -0.126. The van der Waals surface area contributed by atoms with Gasteiger partial charge in [0.05, 0.1) is 5.54 Å². The third kappa shape index (κ3) is 2.39. The van der Waals surface area contributed by atoms with E-state index in [1.807, 2.05) is 12.1 Å². The number of carbonyl (C=O) groups excluding carboxylic acids is 1. The summed E-state index contributed by atoms with van der Waals surface area (Å²) >= 11 is 0. The summed E-state index contributed by atoms with van der Waals surface area (Å²) in [5.74, 6) is -0.0335. The average Bonchev–Trinajstić information content (AvgIpc) is 2.76. The number of amides is 1. The molecule has 0 aliphatic heterocycles. The fraction of sp³-hybridized carbons (Fsp3) is 0.500. The van der Waals surface area contributed by atoms with Gasteiger partial charge in [-0.05, 0) is 24.5 Å². The van der Waals surface area contributed by atoms with Crippen LogP contribution in [0.4, 0.5) is 0 Å². The smallest absolute Gasteiger partial charge is 0.240 e. The van der Waals surface area contributed by atoms with Crippen molar-refractivity contribution in [3.63, 3.8) is 0 Å². The van der Waals surface area contributed by atoms with E-state index in [1.165, 1.54) is 0 Å². The molecule has 1 saturated carbocycles. The lowest BCUT2D eigenvalue weighted by atomic mass is 9.98. The SMILES string of the molecule is NC1(C(=O)NCc2cccnc2)CCCC1. The van der Waals surface area contributed by atoms with Crippen molar-refractivity contribution in [3.8, 4) is 0 Å². The monoisotopic (exact) mass is 219 g/mol. The summed E-state index contributed by atoms with van der Waals surface area (Å²) in [7, 11) is 0. The summed E-state index contributed by atoms with van der Waals surface area (Å²) < 4.78 is 0. The van der Waals surface area contributed by atoms with Gasteiger partial charge in [0.25, 0.3) is 0 Å². The lowest BCUT2D eigenvalue weighted by Gasteiger charge is -2.22. The number of hydrogen-bond donors (Lipinski definition) is 2. The molecule has 2 rings (SSSR count). The van der Waals surface area contributed by atoms with E-state index in [-0.39, 0.29) is 5.91 Å². The molecular formula is C12H17N3O. The van der Waals surface area contributed by atoms with E-state index in [1.54, 1.807) is 12.4 Å². The number of hydrogen-bond acceptors (Lipinski definition) is 3. The molecule has 16 heavy (non-hydrogen) atoms. The summed E-state index contributed by atoms with van der Waals surface area (Å²) in [6.07, 6.45) is 7.16. The summed E-state index contributed by atoms with van der Waals surface area (Å²) in [6, 6.07) is 3.79. The van der Waals surface area contributed by atoms with E-state index in [9.17, 15) is 4.79 Å². The predicted octanol–water partition coefficient (Wildman–Crippen LogP) is 0.969. The highest BCUT2D eigenvalue weighted by atomic mass is 16.2. The van der Waals surface area contributed by atoms with Gasteiger partial charge in [0.2, 0.25) is 5.91 Å². The van der Waals surface area contributed by atoms with E-state index in [2.05, 4.69) is 10.3 Å². The lowest BCUT2D eigenvalue weighted by Crippen LogP contribution is -2.51. The quantitative estimate of drug-likeness (QED) is 0.796. The molecule has 1 heterocycles. The number of nitrogens with two attached hydrogens (primary N) is 1. The van der Waals surface area contributed by atoms with Gasteiger partial charge in [-0.1, -0.05) is 18.9 Å². The zero-order chi connectivity index (χ0) is 11.4. The Kier molecular flexibility index (Phi) is 3.19. The Hall–Kier alpha value is -1.42. The third-order valence-electron chi connectivity index (χ3n) is 3.12. The second-order valence-corrected chi connectivity index (χ2v) is 4.41. The van der Waals surface area contributed by atoms with Crippen molar-refractivity contribution < 1.29 is 4.79 Å². The summed E-state index contributed by atoms with van der Waals surface area (Å²) in [4.78, 5) is 15.9. The molecule has 0 bridgehead atoms. The van der Waals surface area contributed by atoms with Crippen LogP contribution < -0.4 is 11.1 Å². The molecule has 0 atom stereocenters. The van der Waals surface area contributed by atoms with E-state index in [4.69, 9.17) is 5.73 Å². The van der Waals surface area contributed by atoms with Gasteiger partial charge in [0, 0.05) is 18.9 Å². The van der Waals surface area contributed by atoms with Gasteiger partial charge in [-0.2, -0.15) is 0 Å². The van der Waals surface area contributed by atoms with E-state index in [0.717, 1.165) is 31.2 Å². The number of pyridine rings is 1. The molecule has 1 aromatic heterocycles. The third-order valence-corrected chi connectivity index (χ3v) is 3.12. The maximum atomic E-state index is 11.9. The number of nitrogens with one attached hydrogen (secondary N) is 1. The number of aromatic nitrogens is 1. The summed E-state index contributed by atoms with van der Waals surface area (Å²) in [6.45, 7) is 0.506. The minimum absolute atomic E-state index is 0.0335. The Morgan fingerprint density at radius 3 is 2.88 bits per heavy atom. The number of carbonyl (C=O) groups is 1. The van der Waals surface area contributed by atoms with Crippen LogP contribution >= 0.6 is 0 Å². The summed E-state index contributed by atoms with van der Waals surface area (Å²) in [5.41, 5.74) is 6.40. The maximum absolute atomic E-state index is 11.9. The molecular weight excluding hydrogens is 202 g/mol. The first kappa shape index (κ1) is 11.1. The molecule has 1 aliphatic rings. The second kappa shape index (κ2) is 4.61. The second-order valence-electron chi connectivity index (χ2n) is 4.41. The van der Waals surface area contributed by atoms with Crippen molar-refractivity contribution >= 4 is 5.91 Å².